The summed E-state index contributed by atoms with van der Waals surface area (Å²) in [5, 5.41) is 41.6. The molecule has 3 aromatic heterocycles. The Balaban J connectivity index is 1.59. The molecule has 0 spiro atoms. The van der Waals surface area contributed by atoms with Crippen LogP contribution < -0.4 is 0 Å². The van der Waals surface area contributed by atoms with Gasteiger partial charge in [-0.1, -0.05) is 28.6 Å². The quantitative estimate of drug-likeness (QED) is 0.412. The first-order chi connectivity index (χ1) is 15.6. The van der Waals surface area contributed by atoms with Gasteiger partial charge in [-0.2, -0.15) is 13.2 Å². The normalized spacial score (nSPS) is 26.0. The molecule has 0 aromatic carbocycles. The van der Waals surface area contributed by atoms with Crippen LogP contribution in [0.25, 0.3) is 10.7 Å². The van der Waals surface area contributed by atoms with Crippen molar-refractivity contribution >= 4 is 50.6 Å². The minimum atomic E-state index is -4.63. The van der Waals surface area contributed by atoms with Gasteiger partial charge in [-0.05, 0) is 22.0 Å². The number of thiazole rings is 1. The van der Waals surface area contributed by atoms with E-state index in [1.807, 2.05) is 0 Å². The van der Waals surface area contributed by atoms with E-state index in [1.54, 1.807) is 5.38 Å². The van der Waals surface area contributed by atoms with E-state index < -0.39 is 48.3 Å². The highest BCUT2D eigenvalue weighted by atomic mass is 79.9. The third-order valence-electron chi connectivity index (χ3n) is 4.70. The minimum absolute atomic E-state index is 0.266. The van der Waals surface area contributed by atoms with Crippen molar-refractivity contribution in [1.82, 2.24) is 25.0 Å². The van der Waals surface area contributed by atoms with E-state index in [0.29, 0.717) is 10.7 Å². The molecule has 5 atom stereocenters. The number of aliphatic hydroxyl groups is 3. The summed E-state index contributed by atoms with van der Waals surface area (Å²) < 4.78 is 45.4. The maximum atomic E-state index is 13.0. The van der Waals surface area contributed by atoms with Crippen molar-refractivity contribution in [2.45, 2.75) is 40.9 Å². The van der Waals surface area contributed by atoms with Crippen LogP contribution in [0.15, 0.2) is 33.2 Å². The van der Waals surface area contributed by atoms with Gasteiger partial charge in [0.1, 0.15) is 45.6 Å². The lowest BCUT2D eigenvalue weighted by Crippen LogP contribution is -2.55. The Hall–Kier alpha value is -1.33. The van der Waals surface area contributed by atoms with Gasteiger partial charge in [0, 0.05) is 20.9 Å². The number of hydrogen-bond donors (Lipinski definition) is 3. The van der Waals surface area contributed by atoms with Crippen LogP contribution in [-0.4, -0.2) is 70.6 Å². The molecule has 0 radical (unpaired) electrons. The Kier molecular flexibility index (Phi) is 7.31. The second-order valence-corrected chi connectivity index (χ2v) is 10.1. The van der Waals surface area contributed by atoms with Crippen LogP contribution in [0.2, 0.25) is 5.15 Å². The number of nitrogens with zero attached hydrogens (tertiary/aromatic N) is 5. The molecule has 1 aliphatic heterocycles. The van der Waals surface area contributed by atoms with Gasteiger partial charge < -0.3 is 20.1 Å². The molecule has 3 aromatic rings. The second-order valence-electron chi connectivity index (χ2n) is 6.87. The molecule has 0 amide bonds. The molecule has 0 aliphatic carbocycles. The number of aromatic nitrogens is 5. The third-order valence-corrected chi connectivity index (χ3v) is 7.61. The van der Waals surface area contributed by atoms with Crippen LogP contribution in [0.3, 0.4) is 0 Å². The predicted molar refractivity (Wildman–Crippen MR) is 116 cm³/mol. The lowest BCUT2D eigenvalue weighted by molar-refractivity contribution is -0.178. The largest absolute Gasteiger partial charge is 0.434 e. The second kappa shape index (κ2) is 9.73. The number of rotatable bonds is 5. The van der Waals surface area contributed by atoms with E-state index in [-0.39, 0.29) is 14.5 Å². The first-order valence-corrected chi connectivity index (χ1v) is 12.1. The molecule has 16 heteroatoms. The number of ether oxygens (including phenoxy) is 1. The van der Waals surface area contributed by atoms with E-state index in [9.17, 15) is 28.5 Å². The van der Waals surface area contributed by atoms with Crippen LogP contribution in [0.4, 0.5) is 13.2 Å². The molecule has 3 N–H and O–H groups in total. The summed E-state index contributed by atoms with van der Waals surface area (Å²) in [5.74, 6) is 0. The molecular weight excluding hydrogens is 575 g/mol. The van der Waals surface area contributed by atoms with Gasteiger partial charge in [0.2, 0.25) is 0 Å². The van der Waals surface area contributed by atoms with E-state index in [0.717, 1.165) is 18.0 Å². The highest BCUT2D eigenvalue weighted by Crippen LogP contribution is 2.40. The Morgan fingerprint density at radius 2 is 2.06 bits per heavy atom. The molecular formula is C17H14BrClF3N5O4S2. The Morgan fingerprint density at radius 3 is 2.67 bits per heavy atom. The highest BCUT2D eigenvalue weighted by molar-refractivity contribution is 9.10. The maximum Gasteiger partial charge on any atom is 0.434 e. The first-order valence-electron chi connectivity index (χ1n) is 9.13. The van der Waals surface area contributed by atoms with Crippen LogP contribution in [0.5, 0.6) is 0 Å². The van der Waals surface area contributed by atoms with Gasteiger partial charge in [-0.25, -0.2) is 14.6 Å². The van der Waals surface area contributed by atoms with Crippen molar-refractivity contribution in [2.75, 3.05) is 6.61 Å². The van der Waals surface area contributed by atoms with E-state index in [1.165, 1.54) is 28.3 Å². The zero-order valence-electron chi connectivity index (χ0n) is 16.1. The summed E-state index contributed by atoms with van der Waals surface area (Å²) in [5.41, 5.74) is -1.79. The summed E-state index contributed by atoms with van der Waals surface area (Å²) in [6.45, 7) is -0.569. The summed E-state index contributed by atoms with van der Waals surface area (Å²) in [6.07, 6.45) is -5.99. The fraction of sp³-hybridized carbons (Fsp3) is 0.412. The summed E-state index contributed by atoms with van der Waals surface area (Å²) >= 11 is 10.8. The van der Waals surface area contributed by atoms with Gasteiger partial charge in [0.15, 0.2) is 5.69 Å². The number of alkyl halides is 3. The molecule has 0 bridgehead atoms. The van der Waals surface area contributed by atoms with Gasteiger partial charge >= 0.3 is 6.18 Å². The average molecular weight is 589 g/mol. The Bertz CT molecular complexity index is 1140. The molecule has 1 fully saturated rings. The van der Waals surface area contributed by atoms with Crippen molar-refractivity contribution < 1.29 is 33.2 Å². The number of thioether (sulfide) groups is 1. The Morgan fingerprint density at radius 1 is 1.30 bits per heavy atom. The number of pyridine rings is 1. The van der Waals surface area contributed by atoms with Gasteiger partial charge in [-0.3, -0.25) is 0 Å². The van der Waals surface area contributed by atoms with Crippen molar-refractivity contribution in [3.8, 4) is 10.7 Å². The number of aliphatic hydroxyl groups excluding tert-OH is 3. The lowest BCUT2D eigenvalue weighted by Gasteiger charge is -2.41. The molecule has 4 rings (SSSR count). The topological polar surface area (TPSA) is 126 Å². The van der Waals surface area contributed by atoms with Crippen molar-refractivity contribution in [2.24, 2.45) is 0 Å². The standard InChI is InChI=1S/C17H14BrClF3N5O4S2/c18-7-1-6(2-23-14(7)17(20,21)22)33-16-13(30)11(12(29)9(4-28)31-16)27-3-8(25-26-27)15-24-10(19)5-32-15/h1-3,5,9,11-13,16,28-30H,4H2/t9?,11-,12-,13?,16+/m0/s1. The smallest absolute Gasteiger partial charge is 0.394 e. The minimum Gasteiger partial charge on any atom is -0.394 e. The van der Waals surface area contributed by atoms with Crippen LogP contribution in [-0.2, 0) is 10.9 Å². The summed E-state index contributed by atoms with van der Waals surface area (Å²) in [7, 11) is 0. The zero-order chi connectivity index (χ0) is 23.9. The molecule has 1 saturated heterocycles. The molecule has 2 unspecified atom stereocenters. The number of hydrogen-bond acceptors (Lipinski definition) is 10. The molecule has 4 heterocycles. The average Bonchev–Trinajstić information content (AvgIpc) is 3.38. The van der Waals surface area contributed by atoms with Crippen molar-refractivity contribution in [3.63, 3.8) is 0 Å². The van der Waals surface area contributed by atoms with E-state index >= 15 is 0 Å². The van der Waals surface area contributed by atoms with Gasteiger partial charge in [-0.15, -0.1) is 16.4 Å². The lowest BCUT2D eigenvalue weighted by atomic mass is 9.97. The number of halogens is 5. The predicted octanol–water partition coefficient (Wildman–Crippen LogP) is 3.00. The zero-order valence-corrected chi connectivity index (χ0v) is 20.1. The monoisotopic (exact) mass is 587 g/mol. The van der Waals surface area contributed by atoms with Crippen molar-refractivity contribution in [1.29, 1.82) is 0 Å². The first kappa shape index (κ1) is 24.8. The fourth-order valence-electron chi connectivity index (χ4n) is 3.20. The van der Waals surface area contributed by atoms with Crippen LogP contribution in [0, 0.1) is 0 Å². The molecule has 33 heavy (non-hydrogen) atoms. The third kappa shape index (κ3) is 5.19. The maximum absolute atomic E-state index is 13.0. The molecule has 178 valence electrons. The van der Waals surface area contributed by atoms with Gasteiger partial charge in [0.05, 0.1) is 12.8 Å². The van der Waals surface area contributed by atoms with Crippen molar-refractivity contribution in [3.05, 3.63) is 39.2 Å². The SMILES string of the molecule is OCC1O[C@H](Sc2cnc(C(F)(F)F)c(Br)c2)C(O)[C@@H](n2cc(-c3nc(Cl)cs3)nn2)[C@H]1O. The Labute approximate surface area is 205 Å². The molecule has 1 aliphatic rings. The van der Waals surface area contributed by atoms with Crippen LogP contribution >= 0.6 is 50.6 Å². The molecule has 0 saturated carbocycles. The van der Waals surface area contributed by atoms with Gasteiger partial charge in [0.25, 0.3) is 0 Å². The summed E-state index contributed by atoms with van der Waals surface area (Å²) in [6, 6.07) is 0.126. The van der Waals surface area contributed by atoms with Crippen LogP contribution in [0.1, 0.15) is 11.7 Å². The summed E-state index contributed by atoms with van der Waals surface area (Å²) in [4.78, 5) is 7.80. The fourth-order valence-corrected chi connectivity index (χ4v) is 5.88. The highest BCUT2D eigenvalue weighted by Gasteiger charge is 2.46. The van der Waals surface area contributed by atoms with E-state index in [4.69, 9.17) is 16.3 Å². The van der Waals surface area contributed by atoms with E-state index in [2.05, 4.69) is 36.2 Å². The molecule has 9 nitrogen and oxygen atoms in total.